The van der Waals surface area contributed by atoms with Crippen LogP contribution in [0.5, 0.6) is 0 Å². The summed E-state index contributed by atoms with van der Waals surface area (Å²) in [5, 5.41) is 14.4. The first-order valence-electron chi connectivity index (χ1n) is 7.30. The Balaban J connectivity index is 1.54. The van der Waals surface area contributed by atoms with Crippen molar-refractivity contribution >= 4 is 0 Å². The van der Waals surface area contributed by atoms with E-state index >= 15 is 0 Å². The monoisotopic (exact) mass is 291 g/mol. The second kappa shape index (κ2) is 5.95. The molecule has 1 aliphatic heterocycles. The zero-order valence-corrected chi connectivity index (χ0v) is 12.4. The van der Waals surface area contributed by atoms with Crippen molar-refractivity contribution in [3.63, 3.8) is 0 Å². The quantitative estimate of drug-likeness (QED) is 0.907. The zero-order chi connectivity index (χ0) is 14.8. The van der Waals surface area contributed by atoms with Gasteiger partial charge in [0, 0.05) is 26.4 Å². The first kappa shape index (κ1) is 14.2. The highest BCUT2D eigenvalue weighted by atomic mass is 16.5. The highest BCUT2D eigenvalue weighted by molar-refractivity contribution is 4.98. The third kappa shape index (κ3) is 3.14. The van der Waals surface area contributed by atoms with Gasteiger partial charge in [0.15, 0.2) is 5.82 Å². The van der Waals surface area contributed by atoms with E-state index in [1.807, 2.05) is 17.8 Å². The Morgan fingerprint density at radius 3 is 2.76 bits per heavy atom. The molecule has 0 bridgehead atoms. The second-order valence-electron chi connectivity index (χ2n) is 5.68. The molecule has 21 heavy (non-hydrogen) atoms. The van der Waals surface area contributed by atoms with Gasteiger partial charge in [-0.15, -0.1) is 0 Å². The van der Waals surface area contributed by atoms with Gasteiger partial charge in [-0.1, -0.05) is 5.16 Å². The van der Waals surface area contributed by atoms with E-state index in [9.17, 15) is 5.11 Å². The molecule has 1 fully saturated rings. The van der Waals surface area contributed by atoms with Crippen molar-refractivity contribution in [3.8, 4) is 0 Å². The van der Waals surface area contributed by atoms with Gasteiger partial charge in [-0.2, -0.15) is 4.98 Å². The number of nitrogens with zero attached hydrogens (tertiary/aromatic N) is 5. The number of likely N-dealkylation sites (tertiary alicyclic amines) is 1. The van der Waals surface area contributed by atoms with Crippen molar-refractivity contribution < 1.29 is 9.63 Å². The molecule has 114 valence electrons. The van der Waals surface area contributed by atoms with E-state index < -0.39 is 6.10 Å². The summed E-state index contributed by atoms with van der Waals surface area (Å²) < 4.78 is 6.88. The van der Waals surface area contributed by atoms with Crippen molar-refractivity contribution in [2.45, 2.75) is 32.4 Å². The summed E-state index contributed by atoms with van der Waals surface area (Å²) in [4.78, 5) is 10.8. The number of aliphatic hydroxyl groups excluding tert-OH is 1. The minimum absolute atomic E-state index is 0.259. The van der Waals surface area contributed by atoms with E-state index in [0.29, 0.717) is 12.4 Å². The third-order valence-electron chi connectivity index (χ3n) is 4.14. The molecule has 3 heterocycles. The van der Waals surface area contributed by atoms with Gasteiger partial charge in [-0.05, 0) is 31.8 Å². The van der Waals surface area contributed by atoms with Crippen LogP contribution in [0.2, 0.25) is 0 Å². The highest BCUT2D eigenvalue weighted by Gasteiger charge is 2.28. The predicted molar refractivity (Wildman–Crippen MR) is 75.2 cm³/mol. The molecule has 7 nitrogen and oxygen atoms in total. The molecule has 0 radical (unpaired) electrons. The van der Waals surface area contributed by atoms with Gasteiger partial charge < -0.3 is 14.2 Å². The Kier molecular flexibility index (Phi) is 4.03. The maximum atomic E-state index is 10.5. The van der Waals surface area contributed by atoms with Gasteiger partial charge in [0.05, 0.1) is 6.54 Å². The fourth-order valence-corrected chi connectivity index (χ4v) is 2.91. The number of hydrogen-bond donors (Lipinski definition) is 1. The number of rotatable bonds is 4. The van der Waals surface area contributed by atoms with E-state index in [1.165, 1.54) is 0 Å². The minimum atomic E-state index is -0.487. The zero-order valence-electron chi connectivity index (χ0n) is 12.4. The Hall–Kier alpha value is -1.73. The number of hydrogen-bond acceptors (Lipinski definition) is 6. The molecule has 1 unspecified atom stereocenters. The van der Waals surface area contributed by atoms with E-state index in [-0.39, 0.29) is 5.92 Å². The van der Waals surface area contributed by atoms with Crippen molar-refractivity contribution in [1.29, 1.82) is 0 Å². The van der Waals surface area contributed by atoms with Crippen LogP contribution in [-0.2, 0) is 13.6 Å². The molecule has 1 saturated heterocycles. The summed E-state index contributed by atoms with van der Waals surface area (Å²) >= 11 is 0. The van der Waals surface area contributed by atoms with E-state index in [2.05, 4.69) is 20.0 Å². The average Bonchev–Trinajstić information content (AvgIpc) is 3.08. The summed E-state index contributed by atoms with van der Waals surface area (Å²) in [6.45, 7) is 4.37. The van der Waals surface area contributed by atoms with Crippen LogP contribution in [0, 0.1) is 12.8 Å². The summed E-state index contributed by atoms with van der Waals surface area (Å²) in [7, 11) is 1.92. The number of piperidine rings is 1. The Morgan fingerprint density at radius 1 is 1.43 bits per heavy atom. The van der Waals surface area contributed by atoms with Crippen LogP contribution in [0.1, 0.15) is 36.5 Å². The van der Waals surface area contributed by atoms with Gasteiger partial charge in [0.25, 0.3) is 0 Å². The lowest BCUT2D eigenvalue weighted by Crippen LogP contribution is -2.35. The molecule has 1 atom stereocenters. The van der Waals surface area contributed by atoms with Crippen LogP contribution in [0.15, 0.2) is 16.9 Å². The number of aliphatic hydroxyl groups is 1. The van der Waals surface area contributed by atoms with Crippen molar-refractivity contribution in [3.05, 3.63) is 29.9 Å². The summed E-state index contributed by atoms with van der Waals surface area (Å²) in [5.41, 5.74) is 0. The number of imidazole rings is 1. The molecule has 0 saturated carbocycles. The molecule has 7 heteroatoms. The first-order valence-corrected chi connectivity index (χ1v) is 7.30. The summed E-state index contributed by atoms with van der Waals surface area (Å²) in [6.07, 6.45) is 5.01. The molecule has 0 aliphatic carbocycles. The van der Waals surface area contributed by atoms with Gasteiger partial charge >= 0.3 is 0 Å². The molecule has 2 aromatic rings. The molecule has 2 aromatic heterocycles. The lowest BCUT2D eigenvalue weighted by Gasteiger charge is -2.33. The maximum Gasteiger partial charge on any atom is 0.223 e. The first-order chi connectivity index (χ1) is 10.1. The number of aromatic nitrogens is 4. The van der Waals surface area contributed by atoms with Crippen LogP contribution in [0.4, 0.5) is 0 Å². The average molecular weight is 291 g/mol. The van der Waals surface area contributed by atoms with E-state index in [4.69, 9.17) is 4.52 Å². The molecular formula is C14H21N5O2. The fourth-order valence-electron chi connectivity index (χ4n) is 2.91. The molecule has 0 amide bonds. The molecule has 0 spiro atoms. The Labute approximate surface area is 123 Å². The third-order valence-corrected chi connectivity index (χ3v) is 4.14. The van der Waals surface area contributed by atoms with Gasteiger partial charge in [0.2, 0.25) is 5.89 Å². The van der Waals surface area contributed by atoms with Gasteiger partial charge in [-0.25, -0.2) is 4.98 Å². The summed E-state index contributed by atoms with van der Waals surface area (Å²) in [6, 6.07) is 0. The normalized spacial score (nSPS) is 19.0. The van der Waals surface area contributed by atoms with Crippen molar-refractivity contribution in [2.75, 3.05) is 13.1 Å². The van der Waals surface area contributed by atoms with Crippen LogP contribution in [-0.4, -0.2) is 42.8 Å². The fraction of sp³-hybridized carbons (Fsp3) is 0.643. The standard InChI is InChI=1S/C14H21N5O2/c1-10-16-12(17-21-10)9-19-6-3-11(4-7-19)13(20)14-15-5-8-18(14)2/h5,8,11,13,20H,3-4,6-7,9H2,1-2H3. The molecule has 0 aromatic carbocycles. The molecular weight excluding hydrogens is 270 g/mol. The molecule has 1 N–H and O–H groups in total. The van der Waals surface area contributed by atoms with Crippen LogP contribution >= 0.6 is 0 Å². The molecule has 3 rings (SSSR count). The van der Waals surface area contributed by atoms with Crippen LogP contribution in [0.25, 0.3) is 0 Å². The molecule has 1 aliphatic rings. The van der Waals surface area contributed by atoms with Crippen molar-refractivity contribution in [1.82, 2.24) is 24.6 Å². The predicted octanol–water partition coefficient (Wildman–Crippen LogP) is 1.06. The smallest absolute Gasteiger partial charge is 0.223 e. The lowest BCUT2D eigenvalue weighted by molar-refractivity contribution is 0.0484. The Morgan fingerprint density at radius 2 is 2.19 bits per heavy atom. The van der Waals surface area contributed by atoms with Gasteiger partial charge in [-0.3, -0.25) is 4.90 Å². The highest BCUT2D eigenvalue weighted by Crippen LogP contribution is 2.29. The lowest BCUT2D eigenvalue weighted by atomic mass is 9.90. The van der Waals surface area contributed by atoms with E-state index in [1.54, 1.807) is 13.1 Å². The second-order valence-corrected chi connectivity index (χ2v) is 5.68. The van der Waals surface area contributed by atoms with E-state index in [0.717, 1.165) is 37.6 Å². The number of aryl methyl sites for hydroxylation is 2. The van der Waals surface area contributed by atoms with Gasteiger partial charge in [0.1, 0.15) is 11.9 Å². The van der Waals surface area contributed by atoms with Crippen LogP contribution < -0.4 is 0 Å². The SMILES string of the molecule is Cc1nc(CN2CCC(C(O)c3nccn3C)CC2)no1. The van der Waals surface area contributed by atoms with Crippen LogP contribution in [0.3, 0.4) is 0 Å². The topological polar surface area (TPSA) is 80.2 Å². The summed E-state index contributed by atoms with van der Waals surface area (Å²) in [5.74, 6) is 2.34. The maximum absolute atomic E-state index is 10.5. The van der Waals surface area contributed by atoms with Crippen molar-refractivity contribution in [2.24, 2.45) is 13.0 Å². The Bertz CT molecular complexity index is 586. The minimum Gasteiger partial charge on any atom is -0.385 e. The largest absolute Gasteiger partial charge is 0.385 e.